The van der Waals surface area contributed by atoms with E-state index in [1.54, 1.807) is 24.3 Å². The molecule has 34 heavy (non-hydrogen) atoms. The number of rotatable bonds is 8. The fraction of sp³-hybridized carbons (Fsp3) is 0.320. The molecule has 2 heterocycles. The van der Waals surface area contributed by atoms with Gasteiger partial charge in [-0.15, -0.1) is 0 Å². The normalized spacial score (nSPS) is 19.4. The second kappa shape index (κ2) is 9.56. The maximum Gasteiger partial charge on any atom is 0.248 e. The maximum absolute atomic E-state index is 13.5. The first kappa shape index (κ1) is 22.6. The molecule has 176 valence electrons. The van der Waals surface area contributed by atoms with Crippen molar-refractivity contribution >= 4 is 45.6 Å². The van der Waals surface area contributed by atoms with Crippen molar-refractivity contribution in [2.24, 2.45) is 11.8 Å². The summed E-state index contributed by atoms with van der Waals surface area (Å²) in [6.45, 7) is 5.35. The standard InChI is InChI=1S/C25H25ClFN5O2/c1-2-34-23-11-21-18(25(29-14-28-21)30-17-5-6-20(27)19(26)9-17)10-22(23)31-24(33)4-3-7-32-12-15-8-16(15)13-32/h3-6,9-11,14-16H,2,7-8,12-13H2,1H3,(H,31,33)(H,28,29,30). The Morgan fingerprint density at radius 2 is 2.09 bits per heavy atom. The number of nitrogens with one attached hydrogen (secondary N) is 2. The lowest BCUT2D eigenvalue weighted by atomic mass is 10.1. The fourth-order valence-corrected chi connectivity index (χ4v) is 4.57. The van der Waals surface area contributed by atoms with E-state index in [1.807, 2.05) is 13.0 Å². The number of halogens is 2. The van der Waals surface area contributed by atoms with Crippen molar-refractivity contribution in [2.75, 3.05) is 36.9 Å². The SMILES string of the molecule is CCOc1cc2ncnc(Nc3ccc(F)c(Cl)c3)c2cc1NC(=O)C=CCN1CC2CC2C1. The molecule has 0 radical (unpaired) electrons. The molecule has 2 N–H and O–H groups in total. The monoisotopic (exact) mass is 481 g/mol. The highest BCUT2D eigenvalue weighted by Gasteiger charge is 2.44. The second-order valence-electron chi connectivity index (χ2n) is 8.64. The molecule has 2 aromatic carbocycles. The molecule has 5 rings (SSSR count). The number of hydrogen-bond donors (Lipinski definition) is 2. The summed E-state index contributed by atoms with van der Waals surface area (Å²) in [6.07, 6.45) is 6.24. The van der Waals surface area contributed by atoms with Gasteiger partial charge in [0.15, 0.2) is 0 Å². The molecule has 1 saturated carbocycles. The minimum atomic E-state index is -0.499. The number of hydrogen-bond acceptors (Lipinski definition) is 6. The van der Waals surface area contributed by atoms with Crippen LogP contribution in [0, 0.1) is 17.7 Å². The third kappa shape index (κ3) is 4.98. The lowest BCUT2D eigenvalue weighted by Gasteiger charge is -2.15. The summed E-state index contributed by atoms with van der Waals surface area (Å²) in [5, 5.41) is 6.73. The second-order valence-corrected chi connectivity index (χ2v) is 9.05. The van der Waals surface area contributed by atoms with Crippen molar-refractivity contribution in [3.8, 4) is 5.75 Å². The van der Waals surface area contributed by atoms with Crippen LogP contribution in [0.2, 0.25) is 5.02 Å². The van der Waals surface area contributed by atoms with E-state index in [-0.39, 0.29) is 10.9 Å². The number of carbonyl (C=O) groups excluding carboxylic acids is 1. The van der Waals surface area contributed by atoms with Crippen molar-refractivity contribution in [3.63, 3.8) is 0 Å². The molecule has 2 unspecified atom stereocenters. The van der Waals surface area contributed by atoms with E-state index in [0.29, 0.717) is 40.5 Å². The molecule has 1 aromatic heterocycles. The Kier molecular flexibility index (Phi) is 6.34. The topological polar surface area (TPSA) is 79.4 Å². The molecule has 2 aliphatic rings. The summed E-state index contributed by atoms with van der Waals surface area (Å²) < 4.78 is 19.3. The van der Waals surface area contributed by atoms with E-state index in [1.165, 1.54) is 24.9 Å². The van der Waals surface area contributed by atoms with E-state index < -0.39 is 5.82 Å². The van der Waals surface area contributed by atoms with Gasteiger partial charge in [-0.1, -0.05) is 17.7 Å². The van der Waals surface area contributed by atoms with Gasteiger partial charge in [-0.05, 0) is 49.4 Å². The molecule has 0 spiro atoms. The van der Waals surface area contributed by atoms with Crippen LogP contribution in [0.3, 0.4) is 0 Å². The quantitative estimate of drug-likeness (QED) is 0.440. The number of likely N-dealkylation sites (tertiary alicyclic amines) is 1. The first-order valence-electron chi connectivity index (χ1n) is 11.3. The van der Waals surface area contributed by atoms with E-state index in [2.05, 4.69) is 25.5 Å². The minimum Gasteiger partial charge on any atom is -0.492 e. The summed E-state index contributed by atoms with van der Waals surface area (Å²) >= 11 is 5.91. The lowest BCUT2D eigenvalue weighted by Crippen LogP contribution is -2.23. The summed E-state index contributed by atoms with van der Waals surface area (Å²) in [5.74, 6) is 2.01. The zero-order valence-electron chi connectivity index (χ0n) is 18.7. The Labute approximate surface area is 202 Å². The van der Waals surface area contributed by atoms with Gasteiger partial charge in [-0.3, -0.25) is 9.69 Å². The third-order valence-electron chi connectivity index (χ3n) is 6.16. The van der Waals surface area contributed by atoms with Crippen molar-refractivity contribution in [3.05, 3.63) is 59.7 Å². The first-order valence-corrected chi connectivity index (χ1v) is 11.7. The van der Waals surface area contributed by atoms with E-state index in [0.717, 1.165) is 31.5 Å². The molecule has 2 fully saturated rings. The Bertz CT molecular complexity index is 1260. The van der Waals surface area contributed by atoms with E-state index >= 15 is 0 Å². The highest BCUT2D eigenvalue weighted by atomic mass is 35.5. The number of amides is 1. The van der Waals surface area contributed by atoms with Crippen LogP contribution >= 0.6 is 11.6 Å². The lowest BCUT2D eigenvalue weighted by molar-refractivity contribution is -0.111. The van der Waals surface area contributed by atoms with Crippen molar-refractivity contribution in [1.82, 2.24) is 14.9 Å². The van der Waals surface area contributed by atoms with Crippen LogP contribution in [-0.2, 0) is 4.79 Å². The molecule has 3 aromatic rings. The van der Waals surface area contributed by atoms with Gasteiger partial charge in [0.2, 0.25) is 5.91 Å². The van der Waals surface area contributed by atoms with Gasteiger partial charge in [0.05, 0.1) is 22.8 Å². The fourth-order valence-electron chi connectivity index (χ4n) is 4.39. The number of piperidine rings is 1. The number of benzene rings is 2. The number of aromatic nitrogens is 2. The van der Waals surface area contributed by atoms with Gasteiger partial charge in [-0.2, -0.15) is 0 Å². The molecule has 9 heteroatoms. The zero-order valence-corrected chi connectivity index (χ0v) is 19.5. The van der Waals surface area contributed by atoms with Gasteiger partial charge in [0.25, 0.3) is 0 Å². The number of fused-ring (bicyclic) bond motifs is 2. The van der Waals surface area contributed by atoms with Crippen LogP contribution in [0.5, 0.6) is 5.75 Å². The van der Waals surface area contributed by atoms with Crippen LogP contribution in [0.1, 0.15) is 13.3 Å². The summed E-state index contributed by atoms with van der Waals surface area (Å²) in [7, 11) is 0. The molecule has 1 saturated heterocycles. The van der Waals surface area contributed by atoms with Crippen LogP contribution in [0.15, 0.2) is 48.8 Å². The third-order valence-corrected chi connectivity index (χ3v) is 6.45. The van der Waals surface area contributed by atoms with Crippen molar-refractivity contribution in [2.45, 2.75) is 13.3 Å². The minimum absolute atomic E-state index is 0.00712. The molecule has 2 atom stereocenters. The van der Waals surface area contributed by atoms with Crippen LogP contribution in [-0.4, -0.2) is 47.0 Å². The summed E-state index contributed by atoms with van der Waals surface area (Å²) in [5.41, 5.74) is 1.73. The van der Waals surface area contributed by atoms with Crippen molar-refractivity contribution in [1.29, 1.82) is 0 Å². The molecule has 1 amide bonds. The van der Waals surface area contributed by atoms with Crippen molar-refractivity contribution < 1.29 is 13.9 Å². The molecule has 1 aliphatic carbocycles. The Morgan fingerprint density at radius 1 is 1.26 bits per heavy atom. The van der Waals surface area contributed by atoms with Gasteiger partial charge >= 0.3 is 0 Å². The van der Waals surface area contributed by atoms with E-state index in [4.69, 9.17) is 16.3 Å². The Morgan fingerprint density at radius 3 is 2.85 bits per heavy atom. The smallest absolute Gasteiger partial charge is 0.248 e. The molecule has 7 nitrogen and oxygen atoms in total. The van der Waals surface area contributed by atoms with Gasteiger partial charge in [0, 0.05) is 42.9 Å². The van der Waals surface area contributed by atoms with Crippen LogP contribution in [0.4, 0.5) is 21.6 Å². The Balaban J connectivity index is 1.36. The first-order chi connectivity index (χ1) is 16.5. The number of ether oxygens (including phenoxy) is 1. The Hall–Kier alpha value is -3.23. The van der Waals surface area contributed by atoms with Crippen LogP contribution < -0.4 is 15.4 Å². The highest BCUT2D eigenvalue weighted by Crippen LogP contribution is 2.44. The average molecular weight is 482 g/mol. The van der Waals surface area contributed by atoms with Gasteiger partial charge in [0.1, 0.15) is 23.7 Å². The average Bonchev–Trinajstić information content (AvgIpc) is 3.42. The molecular weight excluding hydrogens is 457 g/mol. The largest absolute Gasteiger partial charge is 0.492 e. The van der Waals surface area contributed by atoms with Crippen LogP contribution in [0.25, 0.3) is 10.9 Å². The predicted molar refractivity (Wildman–Crippen MR) is 131 cm³/mol. The van der Waals surface area contributed by atoms with E-state index in [9.17, 15) is 9.18 Å². The number of nitrogens with zero attached hydrogens (tertiary/aromatic N) is 3. The number of carbonyl (C=O) groups is 1. The molecular formula is C25H25ClFN5O2. The maximum atomic E-state index is 13.5. The zero-order chi connectivity index (χ0) is 23.7. The number of anilines is 3. The van der Waals surface area contributed by atoms with Gasteiger partial charge in [-0.25, -0.2) is 14.4 Å². The summed E-state index contributed by atoms with van der Waals surface area (Å²) in [4.78, 5) is 23.7. The van der Waals surface area contributed by atoms with Gasteiger partial charge < -0.3 is 15.4 Å². The summed E-state index contributed by atoms with van der Waals surface area (Å²) in [6, 6.07) is 7.87. The highest BCUT2D eigenvalue weighted by molar-refractivity contribution is 6.31. The molecule has 0 bridgehead atoms. The molecule has 1 aliphatic heterocycles. The predicted octanol–water partition coefficient (Wildman–Crippen LogP) is 5.01.